The Hall–Kier alpha value is -2.36. The summed E-state index contributed by atoms with van der Waals surface area (Å²) in [5, 5.41) is 4.50. The highest BCUT2D eigenvalue weighted by Gasteiger charge is 2.16. The van der Waals surface area contributed by atoms with Crippen LogP contribution in [0.5, 0.6) is 0 Å². The number of nitrogens with one attached hydrogen (secondary N) is 1. The van der Waals surface area contributed by atoms with Gasteiger partial charge < -0.3 is 9.73 Å². The van der Waals surface area contributed by atoms with Gasteiger partial charge in [-0.05, 0) is 19.9 Å². The number of aromatic nitrogens is 2. The smallest absolute Gasteiger partial charge is 0.134 e. The zero-order chi connectivity index (χ0) is 13.2. The third-order valence-corrected chi connectivity index (χ3v) is 3.22. The molecule has 2 heterocycles. The highest BCUT2D eigenvalue weighted by molar-refractivity contribution is 5.82. The third kappa shape index (κ3) is 2.17. The maximum atomic E-state index is 5.93. The van der Waals surface area contributed by atoms with Crippen molar-refractivity contribution in [1.82, 2.24) is 9.97 Å². The van der Waals surface area contributed by atoms with Crippen LogP contribution < -0.4 is 5.32 Å². The van der Waals surface area contributed by atoms with Gasteiger partial charge in [-0.1, -0.05) is 18.2 Å². The van der Waals surface area contributed by atoms with Gasteiger partial charge in [-0.3, -0.25) is 0 Å². The standard InChI is InChI=1S/C15H15N3O/c1-10-13-5-3-4-6-14(13)19-15(10)11(2)18-12-7-16-9-17-8-12/h3-9,11,18H,1-2H3. The molecule has 1 atom stereocenters. The number of benzene rings is 1. The number of aryl methyl sites for hydroxylation is 1. The zero-order valence-corrected chi connectivity index (χ0v) is 10.9. The number of fused-ring (bicyclic) bond motifs is 1. The predicted molar refractivity (Wildman–Crippen MR) is 75.0 cm³/mol. The minimum Gasteiger partial charge on any atom is -0.459 e. The third-order valence-electron chi connectivity index (χ3n) is 3.22. The summed E-state index contributed by atoms with van der Waals surface area (Å²) in [4.78, 5) is 7.98. The summed E-state index contributed by atoms with van der Waals surface area (Å²) in [6, 6.07) is 8.15. The van der Waals surface area contributed by atoms with Crippen LogP contribution in [0.2, 0.25) is 0 Å². The van der Waals surface area contributed by atoms with Crippen molar-refractivity contribution in [2.75, 3.05) is 5.32 Å². The number of hydrogen-bond donors (Lipinski definition) is 1. The van der Waals surface area contributed by atoms with Crippen molar-refractivity contribution in [3.8, 4) is 0 Å². The molecule has 2 aromatic heterocycles. The van der Waals surface area contributed by atoms with Crippen LogP contribution in [0.15, 0.2) is 47.4 Å². The van der Waals surface area contributed by atoms with E-state index in [2.05, 4.69) is 35.2 Å². The van der Waals surface area contributed by atoms with E-state index >= 15 is 0 Å². The molecule has 0 aliphatic carbocycles. The molecule has 1 N–H and O–H groups in total. The summed E-state index contributed by atoms with van der Waals surface area (Å²) in [7, 11) is 0. The highest BCUT2D eigenvalue weighted by Crippen LogP contribution is 2.30. The Bertz CT molecular complexity index is 691. The van der Waals surface area contributed by atoms with Crippen LogP contribution in [0.3, 0.4) is 0 Å². The van der Waals surface area contributed by atoms with Gasteiger partial charge in [-0.25, -0.2) is 9.97 Å². The maximum Gasteiger partial charge on any atom is 0.134 e. The Balaban J connectivity index is 1.93. The Morgan fingerprint density at radius 3 is 2.63 bits per heavy atom. The molecule has 19 heavy (non-hydrogen) atoms. The fourth-order valence-corrected chi connectivity index (χ4v) is 2.30. The van der Waals surface area contributed by atoms with E-state index in [4.69, 9.17) is 4.42 Å². The van der Waals surface area contributed by atoms with E-state index in [1.54, 1.807) is 12.4 Å². The van der Waals surface area contributed by atoms with Crippen molar-refractivity contribution in [2.24, 2.45) is 0 Å². The van der Waals surface area contributed by atoms with Crippen LogP contribution in [0.1, 0.15) is 24.3 Å². The molecule has 0 saturated heterocycles. The molecule has 0 amide bonds. The molecule has 1 aromatic carbocycles. The summed E-state index contributed by atoms with van der Waals surface area (Å²) in [6.45, 7) is 4.15. The molecule has 0 aliphatic heterocycles. The zero-order valence-electron chi connectivity index (χ0n) is 10.9. The molecule has 0 spiro atoms. The van der Waals surface area contributed by atoms with E-state index in [9.17, 15) is 0 Å². The Morgan fingerprint density at radius 1 is 1.16 bits per heavy atom. The summed E-state index contributed by atoms with van der Waals surface area (Å²) < 4.78 is 5.93. The van der Waals surface area contributed by atoms with Crippen LogP contribution >= 0.6 is 0 Å². The van der Waals surface area contributed by atoms with Crippen molar-refractivity contribution in [3.05, 3.63) is 54.3 Å². The molecule has 0 aliphatic rings. The second-order valence-corrected chi connectivity index (χ2v) is 4.58. The Kier molecular flexibility index (Phi) is 2.91. The van der Waals surface area contributed by atoms with Crippen LogP contribution in [0.4, 0.5) is 5.69 Å². The van der Waals surface area contributed by atoms with Crippen molar-refractivity contribution in [2.45, 2.75) is 19.9 Å². The second-order valence-electron chi connectivity index (χ2n) is 4.58. The lowest BCUT2D eigenvalue weighted by Gasteiger charge is -2.12. The molecule has 0 fully saturated rings. The quantitative estimate of drug-likeness (QED) is 0.773. The number of furan rings is 1. The van der Waals surface area contributed by atoms with Gasteiger partial charge in [0.25, 0.3) is 0 Å². The molecule has 0 radical (unpaired) electrons. The number of nitrogens with zero attached hydrogens (tertiary/aromatic N) is 2. The van der Waals surface area contributed by atoms with E-state index in [-0.39, 0.29) is 6.04 Å². The Labute approximate surface area is 111 Å². The lowest BCUT2D eigenvalue weighted by molar-refractivity contribution is 0.522. The average molecular weight is 253 g/mol. The number of anilines is 1. The molecule has 0 bridgehead atoms. The summed E-state index contributed by atoms with van der Waals surface area (Å²) in [6.07, 6.45) is 5.02. The van der Waals surface area contributed by atoms with Crippen molar-refractivity contribution in [3.63, 3.8) is 0 Å². The van der Waals surface area contributed by atoms with Gasteiger partial charge in [-0.15, -0.1) is 0 Å². The first-order valence-corrected chi connectivity index (χ1v) is 6.25. The first-order valence-electron chi connectivity index (χ1n) is 6.25. The van der Waals surface area contributed by atoms with Gasteiger partial charge in [-0.2, -0.15) is 0 Å². The lowest BCUT2D eigenvalue weighted by Crippen LogP contribution is -2.07. The number of para-hydroxylation sites is 1. The lowest BCUT2D eigenvalue weighted by atomic mass is 10.1. The second kappa shape index (κ2) is 4.72. The van der Waals surface area contributed by atoms with Gasteiger partial charge in [0.2, 0.25) is 0 Å². The Morgan fingerprint density at radius 2 is 1.89 bits per heavy atom. The van der Waals surface area contributed by atoms with Crippen molar-refractivity contribution in [1.29, 1.82) is 0 Å². The molecular weight excluding hydrogens is 238 g/mol. The predicted octanol–water partition coefficient (Wildman–Crippen LogP) is 3.70. The van der Waals surface area contributed by atoms with Crippen LogP contribution in [-0.2, 0) is 0 Å². The van der Waals surface area contributed by atoms with Crippen molar-refractivity contribution >= 4 is 16.7 Å². The SMILES string of the molecule is Cc1c(C(C)Nc2cncnc2)oc2ccccc12. The van der Waals surface area contributed by atoms with E-state index in [0.717, 1.165) is 22.4 Å². The van der Waals surface area contributed by atoms with E-state index < -0.39 is 0 Å². The molecular formula is C15H15N3O. The fourth-order valence-electron chi connectivity index (χ4n) is 2.30. The van der Waals surface area contributed by atoms with Gasteiger partial charge >= 0.3 is 0 Å². The highest BCUT2D eigenvalue weighted by atomic mass is 16.3. The van der Waals surface area contributed by atoms with E-state index in [0.29, 0.717) is 0 Å². The van der Waals surface area contributed by atoms with Crippen LogP contribution in [0, 0.1) is 6.92 Å². The van der Waals surface area contributed by atoms with E-state index in [1.807, 2.05) is 18.2 Å². The van der Waals surface area contributed by atoms with Gasteiger partial charge in [0, 0.05) is 10.9 Å². The number of rotatable bonds is 3. The molecule has 0 saturated carbocycles. The monoisotopic (exact) mass is 253 g/mol. The van der Waals surface area contributed by atoms with Crippen molar-refractivity contribution < 1.29 is 4.42 Å². The number of hydrogen-bond acceptors (Lipinski definition) is 4. The topological polar surface area (TPSA) is 51.0 Å². The molecule has 1 unspecified atom stereocenters. The van der Waals surface area contributed by atoms with E-state index in [1.165, 1.54) is 11.9 Å². The molecule has 96 valence electrons. The van der Waals surface area contributed by atoms with Crippen LogP contribution in [0.25, 0.3) is 11.0 Å². The fraction of sp³-hybridized carbons (Fsp3) is 0.200. The minimum absolute atomic E-state index is 0.0680. The first-order chi connectivity index (χ1) is 9.25. The van der Waals surface area contributed by atoms with Gasteiger partial charge in [0.05, 0.1) is 24.1 Å². The summed E-state index contributed by atoms with van der Waals surface area (Å²) >= 11 is 0. The van der Waals surface area contributed by atoms with Crippen LogP contribution in [-0.4, -0.2) is 9.97 Å². The summed E-state index contributed by atoms with van der Waals surface area (Å²) in [5.41, 5.74) is 2.98. The summed E-state index contributed by atoms with van der Waals surface area (Å²) in [5.74, 6) is 0.949. The van der Waals surface area contributed by atoms with Gasteiger partial charge in [0.15, 0.2) is 0 Å². The maximum absolute atomic E-state index is 5.93. The normalized spacial score (nSPS) is 12.5. The molecule has 3 aromatic rings. The molecule has 3 rings (SSSR count). The average Bonchev–Trinajstić information content (AvgIpc) is 2.78. The van der Waals surface area contributed by atoms with Gasteiger partial charge in [0.1, 0.15) is 17.7 Å². The largest absolute Gasteiger partial charge is 0.459 e. The molecule has 4 nitrogen and oxygen atoms in total. The first kappa shape index (κ1) is 11.7. The minimum atomic E-state index is 0.0680. The molecule has 4 heteroatoms.